The molecule has 0 saturated heterocycles. The fourth-order valence-corrected chi connectivity index (χ4v) is 2.23. The summed E-state index contributed by atoms with van der Waals surface area (Å²) in [6, 6.07) is 19.9. The van der Waals surface area contributed by atoms with Gasteiger partial charge in [0.15, 0.2) is 5.82 Å². The van der Waals surface area contributed by atoms with Gasteiger partial charge in [0.05, 0.1) is 0 Å². The van der Waals surface area contributed by atoms with E-state index < -0.39 is 0 Å². The Kier molecular flexibility index (Phi) is 4.07. The van der Waals surface area contributed by atoms with Crippen LogP contribution in [0.25, 0.3) is 0 Å². The summed E-state index contributed by atoms with van der Waals surface area (Å²) >= 11 is 0. The van der Waals surface area contributed by atoms with E-state index >= 15 is 0 Å². The molecule has 106 valence electrons. The number of nitrogens with zero attached hydrogens (tertiary/aromatic N) is 2. The van der Waals surface area contributed by atoms with Crippen molar-refractivity contribution in [3.8, 4) is 0 Å². The zero-order valence-corrected chi connectivity index (χ0v) is 11.6. The third-order valence-corrected chi connectivity index (χ3v) is 3.34. The molecule has 1 aromatic heterocycles. The fraction of sp³-hybridized carbons (Fsp3) is 0.176. The molecule has 0 amide bonds. The van der Waals surface area contributed by atoms with Gasteiger partial charge in [-0.25, -0.2) is 0 Å². The molecule has 21 heavy (non-hydrogen) atoms. The van der Waals surface area contributed by atoms with Crippen molar-refractivity contribution in [1.82, 2.24) is 10.1 Å². The Hall–Kier alpha value is -2.46. The Bertz CT molecular complexity index is 680. The van der Waals surface area contributed by atoms with Gasteiger partial charge >= 0.3 is 0 Å². The lowest BCUT2D eigenvalue weighted by molar-refractivity contribution is 0.365. The predicted molar refractivity (Wildman–Crippen MR) is 80.6 cm³/mol. The van der Waals surface area contributed by atoms with Gasteiger partial charge in [0.1, 0.15) is 0 Å². The van der Waals surface area contributed by atoms with E-state index in [4.69, 9.17) is 10.3 Å². The first kappa shape index (κ1) is 13.5. The van der Waals surface area contributed by atoms with Gasteiger partial charge in [-0.15, -0.1) is 0 Å². The van der Waals surface area contributed by atoms with E-state index in [2.05, 4.69) is 10.1 Å². The summed E-state index contributed by atoms with van der Waals surface area (Å²) in [5, 5.41) is 4.02. The molecule has 3 aromatic rings. The highest BCUT2D eigenvalue weighted by Gasteiger charge is 2.12. The first-order valence-electron chi connectivity index (χ1n) is 6.97. The molecule has 2 aromatic carbocycles. The van der Waals surface area contributed by atoms with Crippen molar-refractivity contribution in [2.45, 2.75) is 18.9 Å². The average Bonchev–Trinajstić information content (AvgIpc) is 2.96. The van der Waals surface area contributed by atoms with Gasteiger partial charge in [0.2, 0.25) is 5.89 Å². The van der Waals surface area contributed by atoms with E-state index in [1.807, 2.05) is 60.7 Å². The summed E-state index contributed by atoms with van der Waals surface area (Å²) in [4.78, 5) is 4.41. The highest BCUT2D eigenvalue weighted by Crippen LogP contribution is 2.15. The Morgan fingerprint density at radius 1 is 0.952 bits per heavy atom. The van der Waals surface area contributed by atoms with Crippen LogP contribution in [0.3, 0.4) is 0 Å². The number of rotatable bonds is 5. The maximum atomic E-state index is 6.16. The van der Waals surface area contributed by atoms with Crippen molar-refractivity contribution in [2.24, 2.45) is 5.73 Å². The smallest absolute Gasteiger partial charge is 0.228 e. The summed E-state index contributed by atoms with van der Waals surface area (Å²) in [7, 11) is 0. The second-order valence-corrected chi connectivity index (χ2v) is 4.99. The van der Waals surface area contributed by atoms with Gasteiger partial charge in [-0.1, -0.05) is 65.8 Å². The molecule has 3 rings (SSSR count). The largest absolute Gasteiger partial charge is 0.339 e. The van der Waals surface area contributed by atoms with E-state index in [9.17, 15) is 0 Å². The van der Waals surface area contributed by atoms with E-state index in [1.165, 1.54) is 0 Å². The first-order valence-corrected chi connectivity index (χ1v) is 6.97. The average molecular weight is 279 g/mol. The number of hydrogen-bond acceptors (Lipinski definition) is 4. The maximum absolute atomic E-state index is 6.16. The van der Waals surface area contributed by atoms with E-state index in [0.717, 1.165) is 11.1 Å². The van der Waals surface area contributed by atoms with Crippen LogP contribution in [0.15, 0.2) is 65.2 Å². The molecule has 4 heteroatoms. The molecule has 0 aliphatic carbocycles. The van der Waals surface area contributed by atoms with Crippen molar-refractivity contribution in [2.75, 3.05) is 0 Å². The first-order chi connectivity index (χ1) is 10.3. The van der Waals surface area contributed by atoms with E-state index in [-0.39, 0.29) is 6.04 Å². The topological polar surface area (TPSA) is 64.9 Å². The molecule has 2 N–H and O–H groups in total. The summed E-state index contributed by atoms with van der Waals surface area (Å²) in [5.41, 5.74) is 8.39. The number of hydrogen-bond donors (Lipinski definition) is 1. The normalized spacial score (nSPS) is 12.2. The standard InChI is InChI=1S/C17H17N3O/c18-15(14-9-5-2-6-10-14)12-17-19-16(20-21-17)11-13-7-3-1-4-8-13/h1-10,15H,11-12,18H2. The molecule has 0 spiro atoms. The fourth-order valence-electron chi connectivity index (χ4n) is 2.23. The van der Waals surface area contributed by atoms with Gasteiger partial charge in [0, 0.05) is 18.9 Å². The minimum absolute atomic E-state index is 0.128. The van der Waals surface area contributed by atoms with Crippen molar-refractivity contribution >= 4 is 0 Å². The van der Waals surface area contributed by atoms with Crippen LogP contribution in [0.2, 0.25) is 0 Å². The van der Waals surface area contributed by atoms with Crippen LogP contribution in [0.5, 0.6) is 0 Å². The zero-order chi connectivity index (χ0) is 14.5. The lowest BCUT2D eigenvalue weighted by atomic mass is 10.1. The molecule has 4 nitrogen and oxygen atoms in total. The van der Waals surface area contributed by atoms with Crippen molar-refractivity contribution < 1.29 is 4.52 Å². The van der Waals surface area contributed by atoms with Crippen LogP contribution in [0.1, 0.15) is 28.9 Å². The molecule has 1 atom stereocenters. The summed E-state index contributed by atoms with van der Waals surface area (Å²) in [6.45, 7) is 0. The predicted octanol–water partition coefficient (Wildman–Crippen LogP) is 2.90. The maximum Gasteiger partial charge on any atom is 0.228 e. The minimum Gasteiger partial charge on any atom is -0.339 e. The van der Waals surface area contributed by atoms with Crippen molar-refractivity contribution in [1.29, 1.82) is 0 Å². The summed E-state index contributed by atoms with van der Waals surface area (Å²) in [5.74, 6) is 1.27. The third-order valence-electron chi connectivity index (χ3n) is 3.34. The summed E-state index contributed by atoms with van der Waals surface area (Å²) in [6.07, 6.45) is 1.22. The molecular weight excluding hydrogens is 262 g/mol. The van der Waals surface area contributed by atoms with Gasteiger partial charge < -0.3 is 10.3 Å². The van der Waals surface area contributed by atoms with Crippen LogP contribution in [0.4, 0.5) is 0 Å². The lowest BCUT2D eigenvalue weighted by Crippen LogP contribution is -2.13. The Morgan fingerprint density at radius 2 is 1.62 bits per heavy atom. The monoisotopic (exact) mass is 279 g/mol. The van der Waals surface area contributed by atoms with Crippen LogP contribution < -0.4 is 5.73 Å². The summed E-state index contributed by atoms with van der Waals surface area (Å²) < 4.78 is 5.29. The molecular formula is C17H17N3O. The van der Waals surface area contributed by atoms with Gasteiger partial charge in [-0.05, 0) is 11.1 Å². The second-order valence-electron chi connectivity index (χ2n) is 4.99. The van der Waals surface area contributed by atoms with Gasteiger partial charge in [-0.2, -0.15) is 4.98 Å². The minimum atomic E-state index is -0.128. The van der Waals surface area contributed by atoms with Gasteiger partial charge in [-0.3, -0.25) is 0 Å². The SMILES string of the molecule is NC(Cc1nc(Cc2ccccc2)no1)c1ccccc1. The molecule has 0 bridgehead atoms. The molecule has 0 aliphatic heterocycles. The van der Waals surface area contributed by atoms with Crippen LogP contribution in [0, 0.1) is 0 Å². The van der Waals surface area contributed by atoms with E-state index in [1.54, 1.807) is 0 Å². The molecule has 0 saturated carbocycles. The second kappa shape index (κ2) is 6.33. The lowest BCUT2D eigenvalue weighted by Gasteiger charge is -2.08. The molecule has 1 heterocycles. The highest BCUT2D eigenvalue weighted by atomic mass is 16.5. The number of aromatic nitrogens is 2. The molecule has 0 aliphatic rings. The third kappa shape index (κ3) is 3.55. The number of benzene rings is 2. The Balaban J connectivity index is 1.65. The Labute approximate surface area is 123 Å². The molecule has 0 radical (unpaired) electrons. The highest BCUT2D eigenvalue weighted by molar-refractivity contribution is 5.20. The van der Waals surface area contributed by atoms with Crippen LogP contribution >= 0.6 is 0 Å². The Morgan fingerprint density at radius 3 is 2.33 bits per heavy atom. The van der Waals surface area contributed by atoms with Crippen molar-refractivity contribution in [3.63, 3.8) is 0 Å². The quantitative estimate of drug-likeness (QED) is 0.780. The zero-order valence-electron chi connectivity index (χ0n) is 11.6. The molecule has 1 unspecified atom stereocenters. The van der Waals surface area contributed by atoms with Crippen molar-refractivity contribution in [3.05, 3.63) is 83.5 Å². The van der Waals surface area contributed by atoms with Crippen LogP contribution in [-0.4, -0.2) is 10.1 Å². The van der Waals surface area contributed by atoms with Gasteiger partial charge in [0.25, 0.3) is 0 Å². The van der Waals surface area contributed by atoms with E-state index in [0.29, 0.717) is 24.6 Å². The number of nitrogens with two attached hydrogens (primary N) is 1. The molecule has 0 fully saturated rings. The van der Waals surface area contributed by atoms with Crippen LogP contribution in [-0.2, 0) is 12.8 Å².